The minimum Gasteiger partial charge on any atom is -0.493 e. The zero-order valence-corrected chi connectivity index (χ0v) is 14.6. The molecule has 1 atom stereocenters. The van der Waals surface area contributed by atoms with Crippen LogP contribution in [0.15, 0.2) is 48.5 Å². The largest absolute Gasteiger partial charge is 0.493 e. The average molecular weight is 359 g/mol. The summed E-state index contributed by atoms with van der Waals surface area (Å²) < 4.78 is 15.4. The Bertz CT molecular complexity index is 747. The molecule has 7 heteroatoms. The van der Waals surface area contributed by atoms with Gasteiger partial charge in [0.25, 0.3) is 0 Å². The highest BCUT2D eigenvalue weighted by Crippen LogP contribution is 2.28. The molecule has 0 aliphatic heterocycles. The lowest BCUT2D eigenvalue weighted by Crippen LogP contribution is -2.42. The maximum absolute atomic E-state index is 11.9. The molecule has 138 valence electrons. The van der Waals surface area contributed by atoms with Crippen molar-refractivity contribution in [3.05, 3.63) is 59.7 Å². The van der Waals surface area contributed by atoms with E-state index in [2.05, 4.69) is 5.32 Å². The Morgan fingerprint density at radius 2 is 1.69 bits per heavy atom. The van der Waals surface area contributed by atoms with E-state index in [0.717, 1.165) is 5.56 Å². The predicted octanol–water partition coefficient (Wildman–Crippen LogP) is 2.63. The van der Waals surface area contributed by atoms with Crippen LogP contribution in [-0.4, -0.2) is 37.4 Å². The summed E-state index contributed by atoms with van der Waals surface area (Å²) in [5, 5.41) is 11.7. The number of nitrogens with one attached hydrogen (secondary N) is 1. The van der Waals surface area contributed by atoms with E-state index in [4.69, 9.17) is 14.2 Å². The summed E-state index contributed by atoms with van der Waals surface area (Å²) in [5.74, 6) is -0.129. The second-order valence-electron chi connectivity index (χ2n) is 5.49. The van der Waals surface area contributed by atoms with Crippen LogP contribution >= 0.6 is 0 Å². The highest BCUT2D eigenvalue weighted by atomic mass is 16.5. The van der Waals surface area contributed by atoms with Gasteiger partial charge in [0.15, 0.2) is 11.5 Å². The second-order valence-corrected chi connectivity index (χ2v) is 5.49. The SMILES string of the molecule is COc1ccc(CC(NC(=O)OCc2ccccc2)C(=O)O)cc1OC. The Hall–Kier alpha value is -3.22. The van der Waals surface area contributed by atoms with E-state index >= 15 is 0 Å². The molecule has 0 saturated carbocycles. The smallest absolute Gasteiger partial charge is 0.408 e. The van der Waals surface area contributed by atoms with Gasteiger partial charge in [0, 0.05) is 6.42 Å². The van der Waals surface area contributed by atoms with Crippen LogP contribution in [0.25, 0.3) is 0 Å². The van der Waals surface area contributed by atoms with Gasteiger partial charge in [-0.25, -0.2) is 9.59 Å². The molecule has 0 aliphatic carbocycles. The summed E-state index contributed by atoms with van der Waals surface area (Å²) in [5.41, 5.74) is 1.49. The third kappa shape index (κ3) is 5.41. The van der Waals surface area contributed by atoms with Crippen LogP contribution in [0.1, 0.15) is 11.1 Å². The number of carboxylic acid groups (broad SMARTS) is 1. The molecule has 2 N–H and O–H groups in total. The van der Waals surface area contributed by atoms with Crippen LogP contribution < -0.4 is 14.8 Å². The van der Waals surface area contributed by atoms with E-state index in [1.807, 2.05) is 30.3 Å². The summed E-state index contributed by atoms with van der Waals surface area (Å²) in [6.45, 7) is 0.0649. The maximum atomic E-state index is 11.9. The van der Waals surface area contributed by atoms with Crippen molar-refractivity contribution < 1.29 is 28.9 Å². The Morgan fingerprint density at radius 3 is 2.31 bits per heavy atom. The fraction of sp³-hybridized carbons (Fsp3) is 0.263. The molecule has 2 aromatic rings. The van der Waals surface area contributed by atoms with Gasteiger partial charge in [-0.05, 0) is 23.3 Å². The normalized spacial score (nSPS) is 11.3. The number of hydrogen-bond acceptors (Lipinski definition) is 5. The first-order valence-electron chi connectivity index (χ1n) is 7.94. The average Bonchev–Trinajstić information content (AvgIpc) is 2.66. The van der Waals surface area contributed by atoms with Crippen molar-refractivity contribution in [3.63, 3.8) is 0 Å². The van der Waals surface area contributed by atoms with Crippen LogP contribution in [0.4, 0.5) is 4.79 Å². The lowest BCUT2D eigenvalue weighted by atomic mass is 10.1. The van der Waals surface area contributed by atoms with Crippen molar-refractivity contribution in [3.8, 4) is 11.5 Å². The van der Waals surface area contributed by atoms with Crippen molar-refractivity contribution in [2.45, 2.75) is 19.1 Å². The quantitative estimate of drug-likeness (QED) is 0.752. The molecule has 0 aromatic heterocycles. The minimum absolute atomic E-state index is 0.0649. The van der Waals surface area contributed by atoms with Gasteiger partial charge in [-0.3, -0.25) is 0 Å². The van der Waals surface area contributed by atoms with Crippen molar-refractivity contribution >= 4 is 12.1 Å². The number of carboxylic acids is 1. The van der Waals surface area contributed by atoms with E-state index in [-0.39, 0.29) is 13.0 Å². The molecule has 1 amide bonds. The Labute approximate surface area is 151 Å². The fourth-order valence-corrected chi connectivity index (χ4v) is 2.35. The highest BCUT2D eigenvalue weighted by molar-refractivity contribution is 5.80. The van der Waals surface area contributed by atoms with Crippen LogP contribution in [-0.2, 0) is 22.6 Å². The lowest BCUT2D eigenvalue weighted by Gasteiger charge is -2.16. The number of benzene rings is 2. The van der Waals surface area contributed by atoms with E-state index in [1.165, 1.54) is 14.2 Å². The minimum atomic E-state index is -1.16. The molecule has 2 rings (SSSR count). The van der Waals surface area contributed by atoms with Crippen molar-refractivity contribution in [2.75, 3.05) is 14.2 Å². The molecular formula is C19H21NO6. The van der Waals surface area contributed by atoms with Gasteiger partial charge in [0.05, 0.1) is 14.2 Å². The molecule has 7 nitrogen and oxygen atoms in total. The van der Waals surface area contributed by atoms with Gasteiger partial charge in [0.1, 0.15) is 12.6 Å². The number of methoxy groups -OCH3 is 2. The molecule has 0 bridgehead atoms. The van der Waals surface area contributed by atoms with Crippen molar-refractivity contribution in [2.24, 2.45) is 0 Å². The number of ether oxygens (including phenoxy) is 3. The van der Waals surface area contributed by atoms with Crippen LogP contribution in [0.2, 0.25) is 0 Å². The van der Waals surface area contributed by atoms with Crippen LogP contribution in [0.3, 0.4) is 0 Å². The first-order valence-corrected chi connectivity index (χ1v) is 7.94. The number of rotatable bonds is 8. The molecule has 0 aliphatic rings. The Balaban J connectivity index is 1.98. The predicted molar refractivity (Wildman–Crippen MR) is 94.4 cm³/mol. The first kappa shape index (κ1) is 19.1. The first-order chi connectivity index (χ1) is 12.5. The van der Waals surface area contributed by atoms with Gasteiger partial charge in [-0.15, -0.1) is 0 Å². The number of alkyl carbamates (subject to hydrolysis) is 1. The number of carbonyl (C=O) groups is 2. The number of carbonyl (C=O) groups excluding carboxylic acids is 1. The molecule has 0 heterocycles. The van der Waals surface area contributed by atoms with Crippen molar-refractivity contribution in [1.29, 1.82) is 0 Å². The Kier molecular flexibility index (Phi) is 6.84. The van der Waals surface area contributed by atoms with Crippen LogP contribution in [0.5, 0.6) is 11.5 Å². The van der Waals surface area contributed by atoms with Gasteiger partial charge in [-0.2, -0.15) is 0 Å². The number of hydrogen-bond donors (Lipinski definition) is 2. The molecule has 2 aromatic carbocycles. The zero-order valence-electron chi connectivity index (χ0n) is 14.6. The topological polar surface area (TPSA) is 94.1 Å². The summed E-state index contributed by atoms with van der Waals surface area (Å²) in [6.07, 6.45) is -0.711. The van der Waals surface area contributed by atoms with E-state index in [9.17, 15) is 14.7 Å². The summed E-state index contributed by atoms with van der Waals surface area (Å²) in [4.78, 5) is 23.4. The molecule has 0 radical (unpaired) electrons. The van der Waals surface area contributed by atoms with Gasteiger partial charge in [0.2, 0.25) is 0 Å². The summed E-state index contributed by atoms with van der Waals surface area (Å²) >= 11 is 0. The Morgan fingerprint density at radius 1 is 1.00 bits per heavy atom. The lowest BCUT2D eigenvalue weighted by molar-refractivity contribution is -0.139. The van der Waals surface area contributed by atoms with E-state index < -0.39 is 18.1 Å². The van der Waals surface area contributed by atoms with Crippen molar-refractivity contribution in [1.82, 2.24) is 5.32 Å². The monoisotopic (exact) mass is 359 g/mol. The standard InChI is InChI=1S/C19H21NO6/c1-24-16-9-8-14(11-17(16)25-2)10-15(18(21)22)20-19(23)26-12-13-6-4-3-5-7-13/h3-9,11,15H,10,12H2,1-2H3,(H,20,23)(H,21,22). The van der Waals surface area contributed by atoms with E-state index in [0.29, 0.717) is 17.1 Å². The number of amides is 1. The second kappa shape index (κ2) is 9.31. The number of aliphatic carboxylic acids is 1. The fourth-order valence-electron chi connectivity index (χ4n) is 2.35. The summed E-state index contributed by atoms with van der Waals surface area (Å²) in [6, 6.07) is 13.1. The van der Waals surface area contributed by atoms with Gasteiger partial charge < -0.3 is 24.6 Å². The van der Waals surface area contributed by atoms with Gasteiger partial charge >= 0.3 is 12.1 Å². The molecule has 26 heavy (non-hydrogen) atoms. The van der Waals surface area contributed by atoms with Crippen LogP contribution in [0, 0.1) is 0 Å². The third-order valence-electron chi connectivity index (χ3n) is 3.69. The maximum Gasteiger partial charge on any atom is 0.408 e. The zero-order chi connectivity index (χ0) is 18.9. The molecule has 1 unspecified atom stereocenters. The third-order valence-corrected chi connectivity index (χ3v) is 3.69. The molecule has 0 saturated heterocycles. The highest BCUT2D eigenvalue weighted by Gasteiger charge is 2.22. The van der Waals surface area contributed by atoms with Gasteiger partial charge in [-0.1, -0.05) is 36.4 Å². The molecule has 0 spiro atoms. The van der Waals surface area contributed by atoms with E-state index in [1.54, 1.807) is 18.2 Å². The molecule has 0 fully saturated rings. The summed E-state index contributed by atoms with van der Waals surface area (Å²) in [7, 11) is 3.01. The molecular weight excluding hydrogens is 338 g/mol.